The number of rotatable bonds is 6. The van der Waals surface area contributed by atoms with Gasteiger partial charge in [-0.15, -0.1) is 0 Å². The predicted octanol–water partition coefficient (Wildman–Crippen LogP) is 5.10. The lowest BCUT2D eigenvalue weighted by Crippen LogP contribution is -2.44. The Bertz CT molecular complexity index is 1210. The number of hydrogen-bond donors (Lipinski definition) is 1. The molecule has 33 heavy (non-hydrogen) atoms. The van der Waals surface area contributed by atoms with E-state index in [1.807, 2.05) is 61.5 Å². The molecule has 0 saturated carbocycles. The van der Waals surface area contributed by atoms with E-state index in [1.165, 1.54) is 4.90 Å². The van der Waals surface area contributed by atoms with Gasteiger partial charge in [-0.25, -0.2) is 0 Å². The summed E-state index contributed by atoms with van der Waals surface area (Å²) in [6, 6.07) is 22.1. The average Bonchev–Trinajstić information content (AvgIpc) is 2.82. The van der Waals surface area contributed by atoms with Crippen molar-refractivity contribution in [1.82, 2.24) is 5.32 Å². The first-order chi connectivity index (χ1) is 16.0. The van der Waals surface area contributed by atoms with E-state index in [1.54, 1.807) is 31.4 Å². The van der Waals surface area contributed by atoms with E-state index >= 15 is 0 Å². The summed E-state index contributed by atoms with van der Waals surface area (Å²) < 4.78 is 11.9. The number of fused-ring (bicyclic) bond motifs is 1. The first-order valence-corrected chi connectivity index (χ1v) is 11.2. The van der Waals surface area contributed by atoms with Crippen LogP contribution in [0.25, 0.3) is 6.08 Å². The fourth-order valence-corrected chi connectivity index (χ4v) is 4.16. The number of ether oxygens (including phenoxy) is 2. The van der Waals surface area contributed by atoms with Gasteiger partial charge in [-0.3, -0.25) is 14.5 Å². The fraction of sp³-hybridized carbons (Fsp3) is 0.154. The molecule has 2 amide bonds. The first-order valence-electron chi connectivity index (χ1n) is 10.4. The molecule has 1 aliphatic rings. The largest absolute Gasteiger partial charge is 0.496 e. The van der Waals surface area contributed by atoms with Crippen LogP contribution in [-0.4, -0.2) is 25.5 Å². The summed E-state index contributed by atoms with van der Waals surface area (Å²) in [5.74, 6) is 0.685. The zero-order chi connectivity index (χ0) is 23.4. The molecule has 1 N–H and O–H groups in total. The minimum atomic E-state index is -0.386. The molecule has 4 rings (SSSR count). The number of hydrogen-bond acceptors (Lipinski definition) is 4. The molecule has 0 fully saturated rings. The highest BCUT2D eigenvalue weighted by molar-refractivity contribution is 9.10. The fourth-order valence-electron chi connectivity index (χ4n) is 3.60. The van der Waals surface area contributed by atoms with Crippen molar-refractivity contribution in [2.24, 2.45) is 0 Å². The number of para-hydroxylation sites is 2. The second kappa shape index (κ2) is 9.92. The zero-order valence-corrected chi connectivity index (χ0v) is 19.8. The molecule has 1 unspecified atom stereocenters. The third-order valence-electron chi connectivity index (χ3n) is 5.28. The van der Waals surface area contributed by atoms with Crippen LogP contribution >= 0.6 is 15.9 Å². The molecule has 6 nitrogen and oxygen atoms in total. The maximum absolute atomic E-state index is 13.3. The van der Waals surface area contributed by atoms with Crippen molar-refractivity contribution >= 4 is 39.5 Å². The Morgan fingerprint density at radius 2 is 1.85 bits per heavy atom. The summed E-state index contributed by atoms with van der Waals surface area (Å²) in [6.07, 6.45) is 1.65. The summed E-state index contributed by atoms with van der Waals surface area (Å²) in [7, 11) is 1.59. The highest BCUT2D eigenvalue weighted by Gasteiger charge is 2.31. The van der Waals surface area contributed by atoms with Gasteiger partial charge in [0.1, 0.15) is 12.3 Å². The van der Waals surface area contributed by atoms with E-state index in [0.717, 1.165) is 15.6 Å². The number of nitrogens with one attached hydrogen (secondary N) is 1. The van der Waals surface area contributed by atoms with Crippen LogP contribution in [0.5, 0.6) is 11.5 Å². The van der Waals surface area contributed by atoms with E-state index in [9.17, 15) is 9.59 Å². The van der Waals surface area contributed by atoms with Crippen molar-refractivity contribution in [1.29, 1.82) is 0 Å². The molecule has 7 heteroatoms. The SMILES string of the molecule is COc1ccc(/C=C2\Oc3ccccc3N(CC(=O)NC(C)c3ccccc3)C2=O)cc1Br. The summed E-state index contributed by atoms with van der Waals surface area (Å²) in [6.45, 7) is 1.79. The van der Waals surface area contributed by atoms with E-state index < -0.39 is 0 Å². The Hall–Kier alpha value is -3.58. The molecule has 0 bridgehead atoms. The number of amides is 2. The minimum absolute atomic E-state index is 0.125. The third kappa shape index (κ3) is 5.09. The van der Waals surface area contributed by atoms with Crippen molar-refractivity contribution < 1.29 is 19.1 Å². The Morgan fingerprint density at radius 3 is 2.58 bits per heavy atom. The lowest BCUT2D eigenvalue weighted by molar-refractivity contribution is -0.123. The standard InChI is InChI=1S/C26H23BrN2O4/c1-17(19-8-4-3-5-9-19)28-25(30)16-29-21-10-6-7-11-23(21)33-24(26(29)31)15-18-12-13-22(32-2)20(27)14-18/h3-15,17H,16H2,1-2H3,(H,28,30)/b24-15-. The van der Waals surface area contributed by atoms with Gasteiger partial charge < -0.3 is 14.8 Å². The predicted molar refractivity (Wildman–Crippen MR) is 131 cm³/mol. The maximum Gasteiger partial charge on any atom is 0.294 e. The van der Waals surface area contributed by atoms with Crippen LogP contribution in [0.3, 0.4) is 0 Å². The van der Waals surface area contributed by atoms with Crippen molar-refractivity contribution in [3.63, 3.8) is 0 Å². The quantitative estimate of drug-likeness (QED) is 0.472. The van der Waals surface area contributed by atoms with Crippen molar-refractivity contribution in [3.05, 3.63) is 94.2 Å². The van der Waals surface area contributed by atoms with Crippen LogP contribution in [-0.2, 0) is 9.59 Å². The topological polar surface area (TPSA) is 67.9 Å². The van der Waals surface area contributed by atoms with Gasteiger partial charge in [0.25, 0.3) is 5.91 Å². The lowest BCUT2D eigenvalue weighted by Gasteiger charge is -2.30. The van der Waals surface area contributed by atoms with Gasteiger partial charge in [-0.05, 0) is 64.3 Å². The third-order valence-corrected chi connectivity index (χ3v) is 5.90. The normalized spacial score (nSPS) is 14.9. The molecular formula is C26H23BrN2O4. The number of halogens is 1. The van der Waals surface area contributed by atoms with Crippen LogP contribution in [0, 0.1) is 0 Å². The van der Waals surface area contributed by atoms with Gasteiger partial charge in [-0.1, -0.05) is 48.5 Å². The molecule has 0 spiro atoms. The van der Waals surface area contributed by atoms with Gasteiger partial charge >= 0.3 is 0 Å². The van der Waals surface area contributed by atoms with E-state index in [-0.39, 0.29) is 30.2 Å². The monoisotopic (exact) mass is 506 g/mol. The number of benzene rings is 3. The number of nitrogens with zero attached hydrogens (tertiary/aromatic N) is 1. The van der Waals surface area contributed by atoms with Crippen LogP contribution in [0.15, 0.2) is 83.0 Å². The molecule has 168 valence electrons. The molecule has 0 saturated heterocycles. The van der Waals surface area contributed by atoms with Gasteiger partial charge in [-0.2, -0.15) is 0 Å². The van der Waals surface area contributed by atoms with Gasteiger partial charge in [0, 0.05) is 0 Å². The zero-order valence-electron chi connectivity index (χ0n) is 18.2. The number of carbonyl (C=O) groups excluding carboxylic acids is 2. The average molecular weight is 507 g/mol. The highest BCUT2D eigenvalue weighted by Crippen LogP contribution is 2.36. The highest BCUT2D eigenvalue weighted by atomic mass is 79.9. The molecule has 0 radical (unpaired) electrons. The molecule has 1 atom stereocenters. The van der Waals surface area contributed by atoms with Crippen molar-refractivity contribution in [2.45, 2.75) is 13.0 Å². The molecule has 0 aliphatic carbocycles. The Labute approximate surface area is 200 Å². The molecular weight excluding hydrogens is 484 g/mol. The maximum atomic E-state index is 13.3. The summed E-state index contributed by atoms with van der Waals surface area (Å²) in [5, 5.41) is 2.97. The molecule has 0 aromatic heterocycles. The van der Waals surface area contributed by atoms with Crippen LogP contribution in [0.4, 0.5) is 5.69 Å². The van der Waals surface area contributed by atoms with E-state index in [2.05, 4.69) is 21.2 Å². The van der Waals surface area contributed by atoms with E-state index in [0.29, 0.717) is 17.2 Å². The smallest absolute Gasteiger partial charge is 0.294 e. The van der Waals surface area contributed by atoms with E-state index in [4.69, 9.17) is 9.47 Å². The van der Waals surface area contributed by atoms with Crippen LogP contribution < -0.4 is 19.7 Å². The van der Waals surface area contributed by atoms with Gasteiger partial charge in [0.15, 0.2) is 11.5 Å². The molecule has 3 aromatic carbocycles. The summed E-state index contributed by atoms with van der Waals surface area (Å²) >= 11 is 3.46. The Balaban J connectivity index is 1.58. The molecule has 1 heterocycles. The molecule has 1 aliphatic heterocycles. The summed E-state index contributed by atoms with van der Waals surface area (Å²) in [5.41, 5.74) is 2.30. The van der Waals surface area contributed by atoms with Gasteiger partial charge in [0.05, 0.1) is 23.3 Å². The van der Waals surface area contributed by atoms with Gasteiger partial charge in [0.2, 0.25) is 5.91 Å². The Kier molecular flexibility index (Phi) is 6.79. The van der Waals surface area contributed by atoms with Crippen LogP contribution in [0.1, 0.15) is 24.1 Å². The minimum Gasteiger partial charge on any atom is -0.496 e. The van der Waals surface area contributed by atoms with Crippen molar-refractivity contribution in [2.75, 3.05) is 18.6 Å². The van der Waals surface area contributed by atoms with Crippen molar-refractivity contribution in [3.8, 4) is 11.5 Å². The number of carbonyl (C=O) groups is 2. The number of methoxy groups -OCH3 is 1. The summed E-state index contributed by atoms with van der Waals surface area (Å²) in [4.78, 5) is 27.6. The Morgan fingerprint density at radius 1 is 1.12 bits per heavy atom. The number of anilines is 1. The second-order valence-electron chi connectivity index (χ2n) is 7.56. The molecule has 3 aromatic rings. The lowest BCUT2D eigenvalue weighted by atomic mass is 10.1. The second-order valence-corrected chi connectivity index (χ2v) is 8.42. The van der Waals surface area contributed by atoms with Crippen LogP contribution in [0.2, 0.25) is 0 Å². The first kappa shape index (κ1) is 22.6.